The molecule has 2 aromatic carbocycles. The molecule has 0 radical (unpaired) electrons. The van der Waals surface area contributed by atoms with Crippen LogP contribution in [0.5, 0.6) is 11.5 Å². The van der Waals surface area contributed by atoms with E-state index in [0.29, 0.717) is 39.6 Å². The first-order valence-corrected chi connectivity index (χ1v) is 9.04. The Morgan fingerprint density at radius 2 is 1.83 bits per heavy atom. The van der Waals surface area contributed by atoms with Crippen LogP contribution in [0.4, 0.5) is 10.5 Å². The second-order valence-electron chi connectivity index (χ2n) is 6.80. The Labute approximate surface area is 170 Å². The molecule has 0 saturated heterocycles. The first-order valence-electron chi connectivity index (χ1n) is 9.04. The molecule has 10 heteroatoms. The maximum absolute atomic E-state index is 12.2. The molecule has 2 aliphatic rings. The van der Waals surface area contributed by atoms with Crippen LogP contribution in [0.2, 0.25) is 0 Å². The number of hydrazone groups is 1. The van der Waals surface area contributed by atoms with Crippen molar-refractivity contribution in [3.8, 4) is 11.5 Å². The normalized spacial score (nSPS) is 16.9. The van der Waals surface area contributed by atoms with E-state index >= 15 is 0 Å². The molecule has 2 aliphatic heterocycles. The Balaban J connectivity index is 1.87. The number of ether oxygens (including phenoxy) is 2. The number of primary amides is 1. The number of rotatable bonds is 3. The summed E-state index contributed by atoms with van der Waals surface area (Å²) in [6, 6.07) is 8.23. The number of aliphatic carboxylic acids is 1. The standard InChI is InChI=1S/C20H18N4O6/c1-10(25)24-15(19(26)27)6-12-7-16-17(30-9-29-16)8-14(12)18(23-24)11-2-4-13(5-3-11)22-20(21)28/h2-5,7-8,15H,6,9H2,1H3,(H,26,27)(H3,21,22,28). The van der Waals surface area contributed by atoms with Gasteiger partial charge in [-0.25, -0.2) is 14.6 Å². The van der Waals surface area contributed by atoms with Crippen LogP contribution in [0.3, 0.4) is 0 Å². The van der Waals surface area contributed by atoms with Gasteiger partial charge in [0, 0.05) is 30.2 Å². The van der Waals surface area contributed by atoms with E-state index in [1.165, 1.54) is 6.92 Å². The van der Waals surface area contributed by atoms with Gasteiger partial charge >= 0.3 is 12.0 Å². The second kappa shape index (κ2) is 7.39. The molecule has 2 heterocycles. The van der Waals surface area contributed by atoms with Crippen molar-refractivity contribution in [3.63, 3.8) is 0 Å². The number of nitrogens with one attached hydrogen (secondary N) is 1. The van der Waals surface area contributed by atoms with E-state index in [-0.39, 0.29) is 13.2 Å². The van der Waals surface area contributed by atoms with Crippen LogP contribution >= 0.6 is 0 Å². The van der Waals surface area contributed by atoms with Gasteiger partial charge < -0.3 is 25.6 Å². The minimum Gasteiger partial charge on any atom is -0.480 e. The van der Waals surface area contributed by atoms with Gasteiger partial charge in [-0.05, 0) is 29.8 Å². The van der Waals surface area contributed by atoms with Crippen LogP contribution in [0.1, 0.15) is 23.6 Å². The highest BCUT2D eigenvalue weighted by atomic mass is 16.7. The number of amides is 3. The summed E-state index contributed by atoms with van der Waals surface area (Å²) in [5.74, 6) is -0.647. The number of hydrogen-bond donors (Lipinski definition) is 3. The fourth-order valence-corrected chi connectivity index (χ4v) is 3.45. The average Bonchev–Trinajstić information content (AvgIpc) is 3.07. The van der Waals surface area contributed by atoms with E-state index in [2.05, 4.69) is 10.4 Å². The Bertz CT molecular complexity index is 1080. The van der Waals surface area contributed by atoms with Crippen molar-refractivity contribution in [2.75, 3.05) is 12.1 Å². The lowest BCUT2D eigenvalue weighted by Crippen LogP contribution is -2.41. The van der Waals surface area contributed by atoms with Gasteiger partial charge in [0.2, 0.25) is 12.7 Å². The molecule has 2 aromatic rings. The van der Waals surface area contributed by atoms with Crippen molar-refractivity contribution >= 4 is 29.3 Å². The number of hydrogen-bond acceptors (Lipinski definition) is 6. The van der Waals surface area contributed by atoms with Crippen LogP contribution in [0, 0.1) is 0 Å². The Morgan fingerprint density at radius 1 is 1.17 bits per heavy atom. The van der Waals surface area contributed by atoms with Gasteiger partial charge in [-0.3, -0.25) is 4.79 Å². The molecule has 4 rings (SSSR count). The quantitative estimate of drug-likeness (QED) is 0.700. The van der Waals surface area contributed by atoms with Crippen molar-refractivity contribution in [1.82, 2.24) is 5.01 Å². The third-order valence-corrected chi connectivity index (χ3v) is 4.80. The molecular formula is C20H18N4O6. The van der Waals surface area contributed by atoms with Gasteiger partial charge in [0.05, 0.1) is 5.71 Å². The Morgan fingerprint density at radius 3 is 2.43 bits per heavy atom. The smallest absolute Gasteiger partial charge is 0.328 e. The van der Waals surface area contributed by atoms with E-state index in [0.717, 1.165) is 5.01 Å². The monoisotopic (exact) mass is 410 g/mol. The van der Waals surface area contributed by atoms with Crippen molar-refractivity contribution in [2.24, 2.45) is 10.8 Å². The number of urea groups is 1. The maximum Gasteiger partial charge on any atom is 0.328 e. The van der Waals surface area contributed by atoms with Crippen molar-refractivity contribution in [2.45, 2.75) is 19.4 Å². The van der Waals surface area contributed by atoms with Gasteiger partial charge in [0.1, 0.15) is 0 Å². The zero-order valence-corrected chi connectivity index (χ0v) is 15.9. The number of carbonyl (C=O) groups excluding carboxylic acids is 2. The van der Waals surface area contributed by atoms with Crippen molar-refractivity contribution in [3.05, 3.63) is 53.1 Å². The molecule has 0 spiro atoms. The summed E-state index contributed by atoms with van der Waals surface area (Å²) in [4.78, 5) is 35.2. The van der Waals surface area contributed by atoms with Gasteiger partial charge in [0.25, 0.3) is 0 Å². The molecule has 0 aliphatic carbocycles. The van der Waals surface area contributed by atoms with Crippen molar-refractivity contribution < 1.29 is 29.0 Å². The lowest BCUT2D eigenvalue weighted by Gasteiger charge is -2.21. The average molecular weight is 410 g/mol. The van der Waals surface area contributed by atoms with E-state index in [4.69, 9.17) is 15.2 Å². The topological polar surface area (TPSA) is 144 Å². The summed E-state index contributed by atoms with van der Waals surface area (Å²) in [7, 11) is 0. The fraction of sp³-hybridized carbons (Fsp3) is 0.200. The maximum atomic E-state index is 12.2. The number of anilines is 1. The van der Waals surface area contributed by atoms with Crippen LogP contribution in [0.25, 0.3) is 0 Å². The molecule has 0 saturated carbocycles. The van der Waals surface area contributed by atoms with Crippen LogP contribution < -0.4 is 20.5 Å². The molecule has 4 N–H and O–H groups in total. The molecule has 0 bridgehead atoms. The molecule has 1 atom stereocenters. The number of carboxylic acids is 1. The molecule has 30 heavy (non-hydrogen) atoms. The molecule has 10 nitrogen and oxygen atoms in total. The van der Waals surface area contributed by atoms with Gasteiger partial charge in [0.15, 0.2) is 17.5 Å². The minimum atomic E-state index is -1.17. The van der Waals surface area contributed by atoms with Crippen LogP contribution in [-0.2, 0) is 16.0 Å². The lowest BCUT2D eigenvalue weighted by atomic mass is 9.93. The van der Waals surface area contributed by atoms with Gasteiger partial charge in [-0.1, -0.05) is 12.1 Å². The third kappa shape index (κ3) is 3.50. The highest BCUT2D eigenvalue weighted by molar-refractivity contribution is 6.15. The van der Waals surface area contributed by atoms with Crippen LogP contribution in [-0.4, -0.2) is 46.6 Å². The number of nitrogens with zero attached hydrogens (tertiary/aromatic N) is 2. The molecule has 0 fully saturated rings. The van der Waals surface area contributed by atoms with E-state index in [1.807, 2.05) is 0 Å². The number of fused-ring (bicyclic) bond motifs is 2. The first-order chi connectivity index (χ1) is 14.3. The predicted octanol–water partition coefficient (Wildman–Crippen LogP) is 1.52. The summed E-state index contributed by atoms with van der Waals surface area (Å²) in [5, 5.41) is 17.6. The lowest BCUT2D eigenvalue weighted by molar-refractivity contribution is -0.149. The largest absolute Gasteiger partial charge is 0.480 e. The zero-order valence-electron chi connectivity index (χ0n) is 15.9. The first kappa shape index (κ1) is 19.2. The number of nitrogens with two attached hydrogens (primary N) is 1. The van der Waals surface area contributed by atoms with Gasteiger partial charge in [-0.2, -0.15) is 5.10 Å². The summed E-state index contributed by atoms with van der Waals surface area (Å²) in [6.45, 7) is 1.33. The third-order valence-electron chi connectivity index (χ3n) is 4.80. The molecule has 3 amide bonds. The van der Waals surface area contributed by atoms with E-state index in [1.54, 1.807) is 36.4 Å². The molecule has 1 unspecified atom stereocenters. The van der Waals surface area contributed by atoms with E-state index < -0.39 is 23.9 Å². The molecule has 0 aromatic heterocycles. The molecule has 154 valence electrons. The fourth-order valence-electron chi connectivity index (χ4n) is 3.45. The highest BCUT2D eigenvalue weighted by Crippen LogP contribution is 2.37. The number of carbonyl (C=O) groups is 3. The number of benzene rings is 2. The van der Waals surface area contributed by atoms with Gasteiger partial charge in [-0.15, -0.1) is 0 Å². The van der Waals surface area contributed by atoms with E-state index in [9.17, 15) is 19.5 Å². The Kier molecular flexibility index (Phi) is 4.74. The van der Waals surface area contributed by atoms with Crippen LogP contribution in [0.15, 0.2) is 41.5 Å². The summed E-state index contributed by atoms with van der Waals surface area (Å²) >= 11 is 0. The summed E-state index contributed by atoms with van der Waals surface area (Å²) in [5.41, 5.74) is 7.92. The summed E-state index contributed by atoms with van der Waals surface area (Å²) in [6.07, 6.45) is 0.0508. The van der Waals surface area contributed by atoms with Crippen molar-refractivity contribution in [1.29, 1.82) is 0 Å². The number of carboxylic acid groups (broad SMARTS) is 1. The summed E-state index contributed by atoms with van der Waals surface area (Å²) < 4.78 is 10.9. The predicted molar refractivity (Wildman–Crippen MR) is 105 cm³/mol. The second-order valence-corrected chi connectivity index (χ2v) is 6.80. The molecular weight excluding hydrogens is 392 g/mol. The minimum absolute atomic E-state index is 0.0508. The zero-order chi connectivity index (χ0) is 21.4. The SMILES string of the molecule is CC(=O)N1N=C(c2ccc(NC(N)=O)cc2)c2cc3c(cc2CC1C(=O)O)OCO3. The highest BCUT2D eigenvalue weighted by Gasteiger charge is 2.34. The Hall–Kier alpha value is -4.08.